The second kappa shape index (κ2) is 7.96. The standard InChI is InChI=1S/C17H16BrN5O3/c18-13-3-1-12(2-4-13)10-23-11-14(9-19-23)20-17(26)15-5-7-22(21-15)8-6-16(24)25/h1-5,7,9,11H,6,8,10H2,(H,20,26)(H,24,25). The van der Waals surface area contributed by atoms with Crippen molar-refractivity contribution in [2.75, 3.05) is 5.32 Å². The summed E-state index contributed by atoms with van der Waals surface area (Å²) in [7, 11) is 0. The van der Waals surface area contributed by atoms with Gasteiger partial charge >= 0.3 is 5.97 Å². The summed E-state index contributed by atoms with van der Waals surface area (Å²) in [5.74, 6) is -1.29. The molecule has 2 N–H and O–H groups in total. The number of anilines is 1. The number of aromatic nitrogens is 4. The van der Waals surface area contributed by atoms with Crippen LogP contribution in [0.15, 0.2) is 53.4 Å². The molecular formula is C17H16BrN5O3. The lowest BCUT2D eigenvalue weighted by molar-refractivity contribution is -0.137. The van der Waals surface area contributed by atoms with E-state index < -0.39 is 5.97 Å². The van der Waals surface area contributed by atoms with Crippen LogP contribution in [0.5, 0.6) is 0 Å². The van der Waals surface area contributed by atoms with E-state index in [1.165, 1.54) is 4.68 Å². The molecule has 134 valence electrons. The fraction of sp³-hybridized carbons (Fsp3) is 0.176. The van der Waals surface area contributed by atoms with Crippen molar-refractivity contribution in [3.63, 3.8) is 0 Å². The fourth-order valence-corrected chi connectivity index (χ4v) is 2.57. The number of rotatable bonds is 7. The Morgan fingerprint density at radius 2 is 1.92 bits per heavy atom. The number of carbonyl (C=O) groups is 2. The zero-order chi connectivity index (χ0) is 18.5. The Morgan fingerprint density at radius 3 is 2.65 bits per heavy atom. The molecule has 8 nitrogen and oxygen atoms in total. The summed E-state index contributed by atoms with van der Waals surface area (Å²) < 4.78 is 4.17. The molecule has 0 unspecified atom stereocenters. The van der Waals surface area contributed by atoms with Crippen LogP contribution < -0.4 is 5.32 Å². The van der Waals surface area contributed by atoms with Crippen LogP contribution in [0.1, 0.15) is 22.5 Å². The monoisotopic (exact) mass is 417 g/mol. The average Bonchev–Trinajstić information content (AvgIpc) is 3.24. The Balaban J connectivity index is 1.59. The van der Waals surface area contributed by atoms with Crippen molar-refractivity contribution in [2.24, 2.45) is 0 Å². The minimum Gasteiger partial charge on any atom is -0.481 e. The van der Waals surface area contributed by atoms with Crippen LogP contribution in [0.3, 0.4) is 0 Å². The van der Waals surface area contributed by atoms with Crippen molar-refractivity contribution in [2.45, 2.75) is 19.5 Å². The van der Waals surface area contributed by atoms with Gasteiger partial charge in [-0.1, -0.05) is 28.1 Å². The van der Waals surface area contributed by atoms with E-state index in [2.05, 4.69) is 31.4 Å². The molecule has 26 heavy (non-hydrogen) atoms. The predicted octanol–water partition coefficient (Wildman–Crippen LogP) is 2.62. The number of amides is 1. The van der Waals surface area contributed by atoms with Gasteiger partial charge in [-0.3, -0.25) is 19.0 Å². The number of benzene rings is 1. The number of nitrogens with zero attached hydrogens (tertiary/aromatic N) is 4. The third-order valence-electron chi connectivity index (χ3n) is 3.58. The number of halogens is 1. The first-order valence-corrected chi connectivity index (χ1v) is 8.62. The number of aryl methyl sites for hydroxylation is 1. The van der Waals surface area contributed by atoms with Crippen LogP contribution >= 0.6 is 15.9 Å². The van der Waals surface area contributed by atoms with Gasteiger partial charge in [-0.2, -0.15) is 10.2 Å². The second-order valence-electron chi connectivity index (χ2n) is 5.61. The first-order valence-electron chi connectivity index (χ1n) is 7.83. The molecule has 2 aromatic heterocycles. The van der Waals surface area contributed by atoms with Crippen LogP contribution in [0, 0.1) is 0 Å². The summed E-state index contributed by atoms with van der Waals surface area (Å²) in [6.07, 6.45) is 4.83. The maximum absolute atomic E-state index is 12.2. The van der Waals surface area contributed by atoms with Crippen LogP contribution in [0.25, 0.3) is 0 Å². The third-order valence-corrected chi connectivity index (χ3v) is 4.11. The van der Waals surface area contributed by atoms with Crippen LogP contribution in [0.2, 0.25) is 0 Å². The normalized spacial score (nSPS) is 10.7. The summed E-state index contributed by atoms with van der Waals surface area (Å²) in [6, 6.07) is 9.45. The number of hydrogen-bond acceptors (Lipinski definition) is 4. The topological polar surface area (TPSA) is 102 Å². The van der Waals surface area contributed by atoms with E-state index >= 15 is 0 Å². The second-order valence-corrected chi connectivity index (χ2v) is 6.53. The average molecular weight is 418 g/mol. The molecule has 0 aliphatic carbocycles. The number of nitrogens with one attached hydrogen (secondary N) is 1. The summed E-state index contributed by atoms with van der Waals surface area (Å²) in [4.78, 5) is 22.8. The van der Waals surface area contributed by atoms with Crippen molar-refractivity contribution in [1.29, 1.82) is 0 Å². The SMILES string of the molecule is O=C(O)CCn1ccc(C(=O)Nc2cnn(Cc3ccc(Br)cc3)c2)n1. The van der Waals surface area contributed by atoms with Gasteiger partial charge in [0.2, 0.25) is 0 Å². The molecule has 0 fully saturated rings. The van der Waals surface area contributed by atoms with Crippen LogP contribution in [-0.4, -0.2) is 36.5 Å². The van der Waals surface area contributed by atoms with Crippen LogP contribution in [-0.2, 0) is 17.9 Å². The van der Waals surface area contributed by atoms with E-state index in [1.54, 1.807) is 29.3 Å². The number of carbonyl (C=O) groups excluding carboxylic acids is 1. The Kier molecular flexibility index (Phi) is 5.47. The van der Waals surface area contributed by atoms with Gasteiger partial charge in [0.15, 0.2) is 5.69 Å². The van der Waals surface area contributed by atoms with E-state index in [4.69, 9.17) is 5.11 Å². The molecule has 9 heteroatoms. The van der Waals surface area contributed by atoms with Gasteiger partial charge in [0.25, 0.3) is 5.91 Å². The van der Waals surface area contributed by atoms with Gasteiger partial charge in [-0.15, -0.1) is 0 Å². The fourth-order valence-electron chi connectivity index (χ4n) is 2.30. The molecule has 0 saturated heterocycles. The first-order chi connectivity index (χ1) is 12.5. The van der Waals surface area contributed by atoms with E-state index in [-0.39, 0.29) is 24.6 Å². The lowest BCUT2D eigenvalue weighted by Gasteiger charge is -2.02. The van der Waals surface area contributed by atoms with Gasteiger partial charge in [0.05, 0.1) is 31.4 Å². The molecular weight excluding hydrogens is 402 g/mol. The summed E-state index contributed by atoms with van der Waals surface area (Å²) in [6.45, 7) is 0.806. The van der Waals surface area contributed by atoms with Crippen molar-refractivity contribution >= 4 is 33.5 Å². The zero-order valence-electron chi connectivity index (χ0n) is 13.7. The highest BCUT2D eigenvalue weighted by Gasteiger charge is 2.11. The maximum Gasteiger partial charge on any atom is 0.305 e. The molecule has 0 radical (unpaired) electrons. The van der Waals surface area contributed by atoms with Crippen molar-refractivity contribution < 1.29 is 14.7 Å². The minimum absolute atomic E-state index is 0.0500. The van der Waals surface area contributed by atoms with Gasteiger partial charge in [0.1, 0.15) is 0 Å². The number of aliphatic carboxylic acids is 1. The molecule has 0 bridgehead atoms. The van der Waals surface area contributed by atoms with Crippen molar-refractivity contribution in [1.82, 2.24) is 19.6 Å². The van der Waals surface area contributed by atoms with Crippen molar-refractivity contribution in [3.05, 3.63) is 64.7 Å². The Labute approximate surface area is 157 Å². The number of hydrogen-bond donors (Lipinski definition) is 2. The van der Waals surface area contributed by atoms with Gasteiger partial charge in [-0.05, 0) is 23.8 Å². The van der Waals surface area contributed by atoms with Crippen LogP contribution in [0.4, 0.5) is 5.69 Å². The first kappa shape index (κ1) is 17.9. The molecule has 0 aliphatic rings. The summed E-state index contributed by atoms with van der Waals surface area (Å²) in [5.41, 5.74) is 1.87. The van der Waals surface area contributed by atoms with E-state index in [1.807, 2.05) is 24.3 Å². The van der Waals surface area contributed by atoms with Gasteiger partial charge in [0, 0.05) is 16.9 Å². The molecule has 1 amide bonds. The largest absolute Gasteiger partial charge is 0.481 e. The molecule has 3 aromatic rings. The molecule has 3 rings (SSSR count). The molecule has 1 aromatic carbocycles. The van der Waals surface area contributed by atoms with E-state index in [0.29, 0.717) is 12.2 Å². The zero-order valence-corrected chi connectivity index (χ0v) is 15.3. The smallest absolute Gasteiger partial charge is 0.305 e. The maximum atomic E-state index is 12.2. The number of carboxylic acids is 1. The van der Waals surface area contributed by atoms with E-state index in [0.717, 1.165) is 10.0 Å². The lowest BCUT2D eigenvalue weighted by atomic mass is 10.2. The molecule has 2 heterocycles. The summed E-state index contributed by atoms with van der Waals surface area (Å²) >= 11 is 3.40. The minimum atomic E-state index is -0.912. The quantitative estimate of drug-likeness (QED) is 0.614. The highest BCUT2D eigenvalue weighted by atomic mass is 79.9. The Hall–Kier alpha value is -2.94. The highest BCUT2D eigenvalue weighted by molar-refractivity contribution is 9.10. The van der Waals surface area contributed by atoms with E-state index in [9.17, 15) is 9.59 Å². The molecule has 0 aliphatic heterocycles. The lowest BCUT2D eigenvalue weighted by Crippen LogP contribution is -2.13. The van der Waals surface area contributed by atoms with Gasteiger partial charge in [-0.25, -0.2) is 0 Å². The van der Waals surface area contributed by atoms with Gasteiger partial charge < -0.3 is 10.4 Å². The molecule has 0 atom stereocenters. The highest BCUT2D eigenvalue weighted by Crippen LogP contribution is 2.13. The summed E-state index contributed by atoms with van der Waals surface area (Å²) in [5, 5.41) is 19.7. The Morgan fingerprint density at radius 1 is 1.15 bits per heavy atom. The van der Waals surface area contributed by atoms with Crippen molar-refractivity contribution in [3.8, 4) is 0 Å². The predicted molar refractivity (Wildman–Crippen MR) is 97.9 cm³/mol. The Bertz CT molecular complexity index is 917. The molecule has 0 spiro atoms. The molecule has 0 saturated carbocycles. The number of carboxylic acid groups (broad SMARTS) is 1. The third kappa shape index (κ3) is 4.79.